The van der Waals surface area contributed by atoms with Crippen molar-refractivity contribution < 1.29 is 14.3 Å². The zero-order valence-electron chi connectivity index (χ0n) is 16.7. The second-order valence-electron chi connectivity index (χ2n) is 6.39. The van der Waals surface area contributed by atoms with E-state index in [0.29, 0.717) is 12.4 Å². The zero-order chi connectivity index (χ0) is 21.2. The third kappa shape index (κ3) is 5.78. The maximum absolute atomic E-state index is 12.0. The highest BCUT2D eigenvalue weighted by Crippen LogP contribution is 2.26. The van der Waals surface area contributed by atoms with E-state index in [2.05, 4.69) is 15.8 Å². The topological polar surface area (TPSA) is 79.8 Å². The van der Waals surface area contributed by atoms with Crippen LogP contribution in [0.2, 0.25) is 0 Å². The summed E-state index contributed by atoms with van der Waals surface area (Å²) >= 11 is 0. The Kier molecular flexibility index (Phi) is 7.33. The number of hydrazone groups is 1. The third-order valence-electron chi connectivity index (χ3n) is 4.26. The van der Waals surface area contributed by atoms with Gasteiger partial charge >= 0.3 is 0 Å². The van der Waals surface area contributed by atoms with Gasteiger partial charge in [-0.15, -0.1) is 0 Å². The zero-order valence-corrected chi connectivity index (χ0v) is 16.7. The Bertz CT molecular complexity index is 1080. The first-order chi connectivity index (χ1) is 14.7. The van der Waals surface area contributed by atoms with Gasteiger partial charge in [0.05, 0.1) is 19.4 Å². The fourth-order valence-corrected chi connectivity index (χ4v) is 2.86. The number of hydrogen-bond acceptors (Lipinski definition) is 4. The van der Waals surface area contributed by atoms with E-state index in [1.54, 1.807) is 12.3 Å². The summed E-state index contributed by atoms with van der Waals surface area (Å²) in [5.41, 5.74) is 4.12. The van der Waals surface area contributed by atoms with Crippen molar-refractivity contribution in [1.82, 2.24) is 10.7 Å². The number of rotatable bonds is 8. The van der Waals surface area contributed by atoms with Gasteiger partial charge in [-0.05, 0) is 35.4 Å². The quantitative estimate of drug-likeness (QED) is 0.344. The predicted octanol–water partition coefficient (Wildman–Crippen LogP) is 3.52. The van der Waals surface area contributed by atoms with Crippen LogP contribution in [-0.2, 0) is 9.59 Å². The highest BCUT2D eigenvalue weighted by molar-refractivity contribution is 6.02. The number of carbonyl (C=O) groups excluding carboxylic acids is 2. The Hall–Kier alpha value is -3.93. The summed E-state index contributed by atoms with van der Waals surface area (Å²) in [5, 5.41) is 8.58. The Balaban J connectivity index is 1.57. The van der Waals surface area contributed by atoms with Crippen LogP contribution < -0.4 is 15.5 Å². The summed E-state index contributed by atoms with van der Waals surface area (Å²) in [5.74, 6) is -0.0925. The van der Waals surface area contributed by atoms with E-state index in [1.165, 1.54) is 6.08 Å². The van der Waals surface area contributed by atoms with Crippen molar-refractivity contribution >= 4 is 34.9 Å². The number of nitrogens with zero attached hydrogens (tertiary/aromatic N) is 1. The largest absolute Gasteiger partial charge is 0.493 e. The molecule has 152 valence electrons. The van der Waals surface area contributed by atoms with E-state index in [1.807, 2.05) is 73.7 Å². The van der Waals surface area contributed by atoms with Crippen LogP contribution in [-0.4, -0.2) is 31.2 Å². The number of ether oxygens (including phenoxy) is 1. The van der Waals surface area contributed by atoms with E-state index in [9.17, 15) is 9.59 Å². The molecule has 0 bridgehead atoms. The van der Waals surface area contributed by atoms with Gasteiger partial charge in [-0.25, -0.2) is 5.43 Å². The molecule has 2 N–H and O–H groups in total. The molecule has 0 saturated heterocycles. The molecule has 0 fully saturated rings. The third-order valence-corrected chi connectivity index (χ3v) is 4.26. The molecule has 6 nitrogen and oxygen atoms in total. The average molecular weight is 401 g/mol. The molecular weight excluding hydrogens is 378 g/mol. The lowest BCUT2D eigenvalue weighted by molar-refractivity contribution is -0.123. The summed E-state index contributed by atoms with van der Waals surface area (Å²) < 4.78 is 5.68. The second-order valence-corrected chi connectivity index (χ2v) is 6.39. The van der Waals surface area contributed by atoms with Crippen molar-refractivity contribution in [3.8, 4) is 5.75 Å². The van der Waals surface area contributed by atoms with E-state index in [-0.39, 0.29) is 12.5 Å². The van der Waals surface area contributed by atoms with Crippen LogP contribution in [0, 0.1) is 0 Å². The van der Waals surface area contributed by atoms with Crippen LogP contribution in [0.4, 0.5) is 0 Å². The van der Waals surface area contributed by atoms with Crippen LogP contribution in [0.15, 0.2) is 77.9 Å². The van der Waals surface area contributed by atoms with Gasteiger partial charge in [-0.1, -0.05) is 60.7 Å². The first-order valence-corrected chi connectivity index (χ1v) is 9.65. The minimum Gasteiger partial charge on any atom is -0.493 e. The molecule has 3 rings (SSSR count). The van der Waals surface area contributed by atoms with Crippen LogP contribution in [0.25, 0.3) is 16.8 Å². The van der Waals surface area contributed by atoms with Crippen LogP contribution in [0.3, 0.4) is 0 Å². The standard InChI is InChI=1S/C24H23N3O3/c1-2-30-22-14-13-19-10-6-7-11-20(19)21(22)16-26-27-24(29)17-25-23(28)15-12-18-8-4-3-5-9-18/h3-16H,2,17H2,1H3,(H,25,28)(H,27,29)/b15-12+,26-16+. The highest BCUT2D eigenvalue weighted by Gasteiger charge is 2.07. The van der Waals surface area contributed by atoms with Crippen LogP contribution in [0.5, 0.6) is 5.75 Å². The molecule has 0 unspecified atom stereocenters. The van der Waals surface area contributed by atoms with Crippen molar-refractivity contribution in [1.29, 1.82) is 0 Å². The number of nitrogens with one attached hydrogen (secondary N) is 2. The van der Waals surface area contributed by atoms with Gasteiger partial charge in [0.25, 0.3) is 5.91 Å². The smallest absolute Gasteiger partial charge is 0.259 e. The molecule has 3 aromatic rings. The van der Waals surface area contributed by atoms with Crippen molar-refractivity contribution in [2.24, 2.45) is 5.10 Å². The van der Waals surface area contributed by atoms with Crippen molar-refractivity contribution in [2.75, 3.05) is 13.2 Å². The normalized spacial score (nSPS) is 11.1. The van der Waals surface area contributed by atoms with E-state index in [4.69, 9.17) is 4.74 Å². The molecule has 0 radical (unpaired) electrons. The van der Waals surface area contributed by atoms with Gasteiger partial charge in [0.1, 0.15) is 5.75 Å². The molecule has 0 aliphatic heterocycles. The van der Waals surface area contributed by atoms with E-state index >= 15 is 0 Å². The lowest BCUT2D eigenvalue weighted by Crippen LogP contribution is -2.34. The average Bonchev–Trinajstić information content (AvgIpc) is 2.78. The van der Waals surface area contributed by atoms with Gasteiger partial charge in [0.15, 0.2) is 0 Å². The van der Waals surface area contributed by atoms with Crippen molar-refractivity contribution in [3.63, 3.8) is 0 Å². The SMILES string of the molecule is CCOc1ccc2ccccc2c1/C=N/NC(=O)CNC(=O)/C=C/c1ccccc1. The Labute approximate surface area is 175 Å². The van der Waals surface area contributed by atoms with Crippen molar-refractivity contribution in [3.05, 3.63) is 83.9 Å². The van der Waals surface area contributed by atoms with Gasteiger partial charge in [0.2, 0.25) is 5.91 Å². The maximum atomic E-state index is 12.0. The summed E-state index contributed by atoms with van der Waals surface area (Å²) in [6.07, 6.45) is 4.62. The van der Waals surface area contributed by atoms with Gasteiger partial charge in [-0.2, -0.15) is 5.10 Å². The van der Waals surface area contributed by atoms with Gasteiger partial charge in [-0.3, -0.25) is 9.59 Å². The summed E-state index contributed by atoms with van der Waals surface area (Å²) in [6.45, 7) is 2.25. The lowest BCUT2D eigenvalue weighted by atomic mass is 10.0. The minimum atomic E-state index is -0.425. The fraction of sp³-hybridized carbons (Fsp3) is 0.125. The highest BCUT2D eigenvalue weighted by atomic mass is 16.5. The summed E-state index contributed by atoms with van der Waals surface area (Å²) in [7, 11) is 0. The number of carbonyl (C=O) groups is 2. The summed E-state index contributed by atoms with van der Waals surface area (Å²) in [6, 6.07) is 21.2. The molecule has 2 amide bonds. The Morgan fingerprint density at radius 2 is 1.77 bits per heavy atom. The molecule has 0 spiro atoms. The molecular formula is C24H23N3O3. The predicted molar refractivity (Wildman–Crippen MR) is 119 cm³/mol. The van der Waals surface area contributed by atoms with Crippen LogP contribution in [0.1, 0.15) is 18.1 Å². The number of hydrogen-bond donors (Lipinski definition) is 2. The van der Waals surface area contributed by atoms with Crippen LogP contribution >= 0.6 is 0 Å². The molecule has 0 aliphatic rings. The van der Waals surface area contributed by atoms with Gasteiger partial charge in [0, 0.05) is 11.6 Å². The molecule has 0 aromatic heterocycles. The molecule has 0 saturated carbocycles. The molecule has 6 heteroatoms. The molecule has 0 aliphatic carbocycles. The molecule has 30 heavy (non-hydrogen) atoms. The minimum absolute atomic E-state index is 0.177. The lowest BCUT2D eigenvalue weighted by Gasteiger charge is -2.10. The molecule has 0 heterocycles. The first kappa shape index (κ1) is 20.8. The number of fused-ring (bicyclic) bond motifs is 1. The maximum Gasteiger partial charge on any atom is 0.259 e. The fourth-order valence-electron chi connectivity index (χ4n) is 2.86. The van der Waals surface area contributed by atoms with E-state index in [0.717, 1.165) is 21.9 Å². The Morgan fingerprint density at radius 3 is 2.57 bits per heavy atom. The van der Waals surface area contributed by atoms with Crippen molar-refractivity contribution in [2.45, 2.75) is 6.92 Å². The summed E-state index contributed by atoms with van der Waals surface area (Å²) in [4.78, 5) is 23.8. The second kappa shape index (κ2) is 10.6. The Morgan fingerprint density at radius 1 is 1.00 bits per heavy atom. The molecule has 3 aromatic carbocycles. The first-order valence-electron chi connectivity index (χ1n) is 9.65. The number of amides is 2. The monoisotopic (exact) mass is 401 g/mol. The number of benzene rings is 3. The van der Waals surface area contributed by atoms with E-state index < -0.39 is 5.91 Å². The van der Waals surface area contributed by atoms with Gasteiger partial charge < -0.3 is 10.1 Å². The molecule has 0 atom stereocenters.